The first-order chi connectivity index (χ1) is 8.50. The lowest BCUT2D eigenvalue weighted by Crippen LogP contribution is -2.45. The Bertz CT molecular complexity index is 404. The zero-order chi connectivity index (χ0) is 15.3. The van der Waals surface area contributed by atoms with E-state index in [1.165, 1.54) is 0 Å². The van der Waals surface area contributed by atoms with Crippen molar-refractivity contribution in [2.75, 3.05) is 12.9 Å². The summed E-state index contributed by atoms with van der Waals surface area (Å²) in [5, 5.41) is -3.41. The van der Waals surface area contributed by atoms with Gasteiger partial charge in [-0.15, -0.1) is 0 Å². The Hall–Kier alpha value is -0.860. The van der Waals surface area contributed by atoms with Gasteiger partial charge >= 0.3 is 17.1 Å². The van der Waals surface area contributed by atoms with Gasteiger partial charge in [-0.25, -0.2) is 17.6 Å². The number of sulfone groups is 1. The van der Waals surface area contributed by atoms with E-state index in [1.807, 2.05) is 0 Å². The van der Waals surface area contributed by atoms with E-state index in [2.05, 4.69) is 4.74 Å². The predicted octanol–water partition coefficient (Wildman–Crippen LogP) is 2.38. The first kappa shape index (κ1) is 18.1. The Morgan fingerprint density at radius 2 is 1.68 bits per heavy atom. The molecule has 4 nitrogen and oxygen atoms in total. The molecule has 0 aromatic rings. The lowest BCUT2D eigenvalue weighted by molar-refractivity contribution is -0.149. The number of hydrogen-bond donors (Lipinski definition) is 0. The normalized spacial score (nSPS) is 15.9. The molecule has 0 radical (unpaired) electrons. The maximum atomic E-state index is 14.3. The summed E-state index contributed by atoms with van der Waals surface area (Å²) >= 11 is 0. The highest BCUT2D eigenvalue weighted by Crippen LogP contribution is 2.31. The number of halogens is 4. The molecule has 0 aliphatic rings. The zero-order valence-corrected chi connectivity index (χ0v) is 11.4. The Morgan fingerprint density at radius 1 is 1.16 bits per heavy atom. The van der Waals surface area contributed by atoms with Gasteiger partial charge in [-0.2, -0.15) is 13.2 Å². The first-order valence-corrected chi connectivity index (χ1v) is 7.22. The van der Waals surface area contributed by atoms with E-state index in [1.54, 1.807) is 6.92 Å². The van der Waals surface area contributed by atoms with Crippen LogP contribution in [0.4, 0.5) is 17.6 Å². The van der Waals surface area contributed by atoms with Crippen LogP contribution in [0.25, 0.3) is 0 Å². The number of unbranched alkanes of at least 4 members (excludes halogenated alkanes) is 1. The molecule has 0 aliphatic carbocycles. The third-order valence-electron chi connectivity index (χ3n) is 2.49. The molecule has 0 aromatic carbocycles. The third kappa shape index (κ3) is 4.96. The van der Waals surface area contributed by atoms with Gasteiger partial charge in [0, 0.05) is 6.42 Å². The number of rotatable bonds is 7. The molecular weight excluding hydrogens is 292 g/mol. The molecule has 0 saturated heterocycles. The summed E-state index contributed by atoms with van der Waals surface area (Å²) in [5.74, 6) is -3.16. The van der Waals surface area contributed by atoms with Crippen molar-refractivity contribution in [3.8, 4) is 0 Å². The Morgan fingerprint density at radius 3 is 2.05 bits per heavy atom. The van der Waals surface area contributed by atoms with Gasteiger partial charge in [0.25, 0.3) is 0 Å². The van der Waals surface area contributed by atoms with Gasteiger partial charge in [0.1, 0.15) is 0 Å². The van der Waals surface area contributed by atoms with E-state index in [0.717, 1.165) is 7.11 Å². The van der Waals surface area contributed by atoms with Gasteiger partial charge < -0.3 is 4.74 Å². The maximum Gasteiger partial charge on any atom is 0.390 e. The monoisotopic (exact) mass is 308 g/mol. The molecule has 114 valence electrons. The molecule has 0 rings (SSSR count). The fourth-order valence-corrected chi connectivity index (χ4v) is 2.97. The number of hydrogen-bond acceptors (Lipinski definition) is 4. The van der Waals surface area contributed by atoms with Gasteiger partial charge in [0.15, 0.2) is 9.84 Å². The summed E-state index contributed by atoms with van der Waals surface area (Å²) in [5.41, 5.74) is 0. The molecule has 9 heteroatoms. The molecule has 1 atom stereocenters. The molecular formula is C10H16F4O4S. The molecule has 0 bridgehead atoms. The second-order valence-corrected chi connectivity index (χ2v) is 6.29. The number of esters is 1. The van der Waals surface area contributed by atoms with E-state index in [4.69, 9.17) is 0 Å². The fourth-order valence-electron chi connectivity index (χ4n) is 1.35. The van der Waals surface area contributed by atoms with Crippen molar-refractivity contribution in [2.24, 2.45) is 0 Å². The van der Waals surface area contributed by atoms with E-state index in [9.17, 15) is 30.8 Å². The van der Waals surface area contributed by atoms with Crippen LogP contribution < -0.4 is 0 Å². The second-order valence-electron chi connectivity index (χ2n) is 4.01. The van der Waals surface area contributed by atoms with Crippen molar-refractivity contribution < 1.29 is 35.5 Å². The highest BCUT2D eigenvalue weighted by molar-refractivity contribution is 7.93. The molecule has 0 fully saturated rings. The van der Waals surface area contributed by atoms with Crippen LogP contribution in [0.1, 0.15) is 32.6 Å². The fraction of sp³-hybridized carbons (Fsp3) is 0.900. The summed E-state index contributed by atoms with van der Waals surface area (Å²) in [6.07, 6.45) is -6.73. The highest BCUT2D eigenvalue weighted by Gasteiger charge is 2.52. The lowest BCUT2D eigenvalue weighted by atomic mass is 10.2. The summed E-state index contributed by atoms with van der Waals surface area (Å²) in [4.78, 5) is 11.3. The molecule has 0 aliphatic heterocycles. The Kier molecular flexibility index (Phi) is 6.24. The molecule has 0 aromatic heterocycles. The number of ether oxygens (including phenoxy) is 1. The molecule has 0 saturated carbocycles. The molecule has 1 unspecified atom stereocenters. The van der Waals surface area contributed by atoms with Crippen molar-refractivity contribution in [1.82, 2.24) is 0 Å². The predicted molar refractivity (Wildman–Crippen MR) is 59.8 cm³/mol. The van der Waals surface area contributed by atoms with Crippen LogP contribution in [0, 0.1) is 0 Å². The molecule has 0 amide bonds. The number of carbonyl (C=O) groups is 1. The minimum absolute atomic E-state index is 0.0385. The quantitative estimate of drug-likeness (QED) is 0.535. The van der Waals surface area contributed by atoms with Crippen LogP contribution >= 0.6 is 0 Å². The SMILES string of the molecule is CCCCC(F)(C(=O)OC)S(=O)(=O)CCC(F)(F)F. The van der Waals surface area contributed by atoms with Crippen molar-refractivity contribution >= 4 is 15.8 Å². The largest absolute Gasteiger partial charge is 0.466 e. The molecule has 0 heterocycles. The van der Waals surface area contributed by atoms with E-state index < -0.39 is 45.6 Å². The second kappa shape index (κ2) is 6.53. The van der Waals surface area contributed by atoms with Gasteiger partial charge in [-0.3, -0.25) is 0 Å². The van der Waals surface area contributed by atoms with Crippen LogP contribution in [0.15, 0.2) is 0 Å². The van der Waals surface area contributed by atoms with Crippen molar-refractivity contribution in [3.63, 3.8) is 0 Å². The number of carbonyl (C=O) groups excluding carboxylic acids is 1. The van der Waals surface area contributed by atoms with Gasteiger partial charge in [0.2, 0.25) is 0 Å². The minimum atomic E-state index is -4.90. The topological polar surface area (TPSA) is 60.4 Å². The summed E-state index contributed by atoms with van der Waals surface area (Å²) in [6, 6.07) is 0. The highest BCUT2D eigenvalue weighted by atomic mass is 32.2. The average molecular weight is 308 g/mol. The van der Waals surface area contributed by atoms with Crippen LogP contribution in [0.2, 0.25) is 0 Å². The van der Waals surface area contributed by atoms with Gasteiger partial charge in [-0.05, 0) is 6.42 Å². The van der Waals surface area contributed by atoms with Crippen LogP contribution in [-0.4, -0.2) is 38.4 Å². The van der Waals surface area contributed by atoms with E-state index >= 15 is 0 Å². The summed E-state index contributed by atoms with van der Waals surface area (Å²) in [6.45, 7) is 1.63. The van der Waals surface area contributed by atoms with Crippen molar-refractivity contribution in [1.29, 1.82) is 0 Å². The van der Waals surface area contributed by atoms with E-state index in [-0.39, 0.29) is 6.42 Å². The average Bonchev–Trinajstić information content (AvgIpc) is 2.31. The zero-order valence-electron chi connectivity index (χ0n) is 10.6. The summed E-state index contributed by atoms with van der Waals surface area (Å²) < 4.78 is 77.6. The standard InChI is InChI=1S/C10H16F4O4S/c1-3-4-5-9(11,8(15)18-2)19(16,17)7-6-10(12,13)14/h3-7H2,1-2H3. The van der Waals surface area contributed by atoms with E-state index in [0.29, 0.717) is 6.42 Å². The smallest absolute Gasteiger partial charge is 0.390 e. The first-order valence-electron chi connectivity index (χ1n) is 5.56. The van der Waals surface area contributed by atoms with Crippen LogP contribution in [0.5, 0.6) is 0 Å². The third-order valence-corrected chi connectivity index (χ3v) is 4.59. The maximum absolute atomic E-state index is 14.3. The Balaban J connectivity index is 5.19. The van der Waals surface area contributed by atoms with Crippen LogP contribution in [0.3, 0.4) is 0 Å². The van der Waals surface area contributed by atoms with Crippen LogP contribution in [-0.2, 0) is 19.4 Å². The molecule has 0 spiro atoms. The van der Waals surface area contributed by atoms with Gasteiger partial charge in [-0.1, -0.05) is 13.3 Å². The molecule has 0 N–H and O–H groups in total. The minimum Gasteiger partial charge on any atom is -0.466 e. The lowest BCUT2D eigenvalue weighted by Gasteiger charge is -2.22. The summed E-state index contributed by atoms with van der Waals surface area (Å²) in [7, 11) is -4.12. The molecule has 19 heavy (non-hydrogen) atoms. The van der Waals surface area contributed by atoms with Crippen molar-refractivity contribution in [3.05, 3.63) is 0 Å². The van der Waals surface area contributed by atoms with Crippen molar-refractivity contribution in [2.45, 2.75) is 43.8 Å². The van der Waals surface area contributed by atoms with Gasteiger partial charge in [0.05, 0.1) is 19.3 Å². The number of alkyl halides is 4. The Labute approximate surface area is 109 Å². The number of methoxy groups -OCH3 is 1.